The van der Waals surface area contributed by atoms with Crippen molar-refractivity contribution in [2.24, 2.45) is 7.05 Å². The molecule has 1 aromatic heterocycles. The van der Waals surface area contributed by atoms with Crippen molar-refractivity contribution in [1.82, 2.24) is 15.1 Å². The Morgan fingerprint density at radius 1 is 1.56 bits per heavy atom. The number of amides is 1. The Bertz CT molecular complexity index is 425. The Morgan fingerprint density at radius 2 is 2.19 bits per heavy atom. The predicted molar refractivity (Wildman–Crippen MR) is 59.1 cm³/mol. The van der Waals surface area contributed by atoms with Gasteiger partial charge in [-0.3, -0.25) is 9.48 Å². The number of H-pyrrole nitrogens is 1. The molecule has 1 rings (SSSR count). The SMILES string of the molecule is Cn1[nH]cc(CNC(=O)OC(C)(C)C)c1=O. The second-order valence-corrected chi connectivity index (χ2v) is 4.52. The summed E-state index contributed by atoms with van der Waals surface area (Å²) in [6.45, 7) is 5.50. The number of aromatic amines is 1. The third-order valence-electron chi connectivity index (χ3n) is 1.83. The molecule has 16 heavy (non-hydrogen) atoms. The highest BCUT2D eigenvalue weighted by Gasteiger charge is 2.16. The minimum Gasteiger partial charge on any atom is -0.444 e. The molecule has 2 N–H and O–H groups in total. The molecule has 0 aliphatic rings. The molecule has 0 unspecified atom stereocenters. The van der Waals surface area contributed by atoms with Crippen LogP contribution in [0.3, 0.4) is 0 Å². The molecule has 1 aromatic rings. The Labute approximate surface area is 93.6 Å². The van der Waals surface area contributed by atoms with Crippen LogP contribution in [-0.4, -0.2) is 21.5 Å². The highest BCUT2D eigenvalue weighted by atomic mass is 16.6. The number of aryl methyl sites for hydroxylation is 1. The predicted octanol–water partition coefficient (Wildman–Crippen LogP) is 0.738. The van der Waals surface area contributed by atoms with Crippen LogP contribution >= 0.6 is 0 Å². The first-order chi connectivity index (χ1) is 7.29. The van der Waals surface area contributed by atoms with E-state index in [1.54, 1.807) is 34.0 Å². The van der Waals surface area contributed by atoms with Crippen molar-refractivity contribution in [3.8, 4) is 0 Å². The van der Waals surface area contributed by atoms with E-state index in [2.05, 4.69) is 10.4 Å². The van der Waals surface area contributed by atoms with Crippen LogP contribution in [0.15, 0.2) is 11.0 Å². The van der Waals surface area contributed by atoms with Gasteiger partial charge in [0.25, 0.3) is 5.56 Å². The van der Waals surface area contributed by atoms with Gasteiger partial charge in [0.15, 0.2) is 0 Å². The summed E-state index contributed by atoms with van der Waals surface area (Å²) in [6.07, 6.45) is 1.02. The van der Waals surface area contributed by atoms with E-state index >= 15 is 0 Å². The third kappa shape index (κ3) is 3.45. The molecule has 1 amide bonds. The maximum Gasteiger partial charge on any atom is 0.407 e. The Kier molecular flexibility index (Phi) is 3.41. The van der Waals surface area contributed by atoms with E-state index in [4.69, 9.17) is 4.74 Å². The number of nitrogens with zero attached hydrogens (tertiary/aromatic N) is 1. The number of alkyl carbamates (subject to hydrolysis) is 1. The van der Waals surface area contributed by atoms with Crippen LogP contribution in [0.25, 0.3) is 0 Å². The second kappa shape index (κ2) is 4.42. The number of hydrogen-bond donors (Lipinski definition) is 2. The lowest BCUT2D eigenvalue weighted by Crippen LogP contribution is -2.33. The quantitative estimate of drug-likeness (QED) is 0.782. The van der Waals surface area contributed by atoms with Crippen molar-refractivity contribution in [3.63, 3.8) is 0 Å². The van der Waals surface area contributed by atoms with Gasteiger partial charge in [-0.1, -0.05) is 0 Å². The maximum atomic E-state index is 11.4. The molecule has 1 heterocycles. The second-order valence-electron chi connectivity index (χ2n) is 4.52. The molecule has 0 bridgehead atoms. The molecule has 0 aromatic carbocycles. The minimum atomic E-state index is -0.535. The van der Waals surface area contributed by atoms with Crippen molar-refractivity contribution >= 4 is 6.09 Å². The normalized spacial score (nSPS) is 11.2. The van der Waals surface area contributed by atoms with E-state index in [9.17, 15) is 9.59 Å². The van der Waals surface area contributed by atoms with Crippen LogP contribution in [0.4, 0.5) is 4.79 Å². The number of carbonyl (C=O) groups excluding carboxylic acids is 1. The van der Waals surface area contributed by atoms with Crippen molar-refractivity contribution in [2.45, 2.75) is 32.9 Å². The molecule has 6 nitrogen and oxygen atoms in total. The molecule has 6 heteroatoms. The van der Waals surface area contributed by atoms with Crippen molar-refractivity contribution in [2.75, 3.05) is 0 Å². The monoisotopic (exact) mass is 227 g/mol. The van der Waals surface area contributed by atoms with Gasteiger partial charge in [0, 0.05) is 13.2 Å². The maximum absolute atomic E-state index is 11.4. The number of aromatic nitrogens is 2. The van der Waals surface area contributed by atoms with Gasteiger partial charge in [0.1, 0.15) is 5.60 Å². The number of carbonyl (C=O) groups is 1. The highest BCUT2D eigenvalue weighted by Crippen LogP contribution is 2.06. The number of nitrogens with one attached hydrogen (secondary N) is 2. The van der Waals surface area contributed by atoms with Gasteiger partial charge in [-0.25, -0.2) is 4.79 Å². The molecule has 0 atom stereocenters. The molecule has 0 spiro atoms. The Hall–Kier alpha value is -1.72. The van der Waals surface area contributed by atoms with E-state index in [1.807, 2.05) is 0 Å². The summed E-state index contributed by atoms with van der Waals surface area (Å²) < 4.78 is 6.38. The van der Waals surface area contributed by atoms with Gasteiger partial charge in [-0.05, 0) is 20.8 Å². The van der Waals surface area contributed by atoms with Crippen LogP contribution in [0, 0.1) is 0 Å². The van der Waals surface area contributed by atoms with E-state index in [0.717, 1.165) is 0 Å². The smallest absolute Gasteiger partial charge is 0.407 e. The zero-order chi connectivity index (χ0) is 12.3. The molecule has 0 saturated heterocycles. The van der Waals surface area contributed by atoms with E-state index in [1.165, 1.54) is 4.68 Å². The molecular weight excluding hydrogens is 210 g/mol. The lowest BCUT2D eigenvalue weighted by Gasteiger charge is -2.19. The van der Waals surface area contributed by atoms with Crippen molar-refractivity contribution in [3.05, 3.63) is 22.1 Å². The lowest BCUT2D eigenvalue weighted by molar-refractivity contribution is 0.0523. The van der Waals surface area contributed by atoms with E-state index in [-0.39, 0.29) is 12.1 Å². The third-order valence-corrected chi connectivity index (χ3v) is 1.83. The van der Waals surface area contributed by atoms with Gasteiger partial charge >= 0.3 is 6.09 Å². The fraction of sp³-hybridized carbons (Fsp3) is 0.600. The Morgan fingerprint density at radius 3 is 2.62 bits per heavy atom. The highest BCUT2D eigenvalue weighted by molar-refractivity contribution is 5.67. The lowest BCUT2D eigenvalue weighted by atomic mass is 10.2. The number of hydrogen-bond acceptors (Lipinski definition) is 3. The average Bonchev–Trinajstić information content (AvgIpc) is 2.42. The van der Waals surface area contributed by atoms with Gasteiger partial charge < -0.3 is 15.2 Å². The Balaban J connectivity index is 2.50. The first-order valence-electron chi connectivity index (χ1n) is 5.00. The number of rotatable bonds is 2. The van der Waals surface area contributed by atoms with Gasteiger partial charge in [-0.2, -0.15) is 0 Å². The largest absolute Gasteiger partial charge is 0.444 e. The van der Waals surface area contributed by atoms with Crippen molar-refractivity contribution < 1.29 is 9.53 Å². The van der Waals surface area contributed by atoms with Gasteiger partial charge in [-0.15, -0.1) is 0 Å². The number of ether oxygens (including phenoxy) is 1. The summed E-state index contributed by atoms with van der Waals surface area (Å²) in [6, 6.07) is 0. The summed E-state index contributed by atoms with van der Waals surface area (Å²) in [5.74, 6) is 0. The molecule has 0 aliphatic carbocycles. The van der Waals surface area contributed by atoms with Crippen LogP contribution in [-0.2, 0) is 18.3 Å². The summed E-state index contributed by atoms with van der Waals surface area (Å²) >= 11 is 0. The summed E-state index contributed by atoms with van der Waals surface area (Å²) in [5.41, 5.74) is -0.197. The summed E-state index contributed by atoms with van der Waals surface area (Å²) in [4.78, 5) is 22.7. The molecule has 0 radical (unpaired) electrons. The molecule has 0 saturated carbocycles. The van der Waals surface area contributed by atoms with Gasteiger partial charge in [0.2, 0.25) is 0 Å². The zero-order valence-electron chi connectivity index (χ0n) is 9.96. The fourth-order valence-electron chi connectivity index (χ4n) is 1.12. The molecule has 0 aliphatic heterocycles. The summed E-state index contributed by atoms with van der Waals surface area (Å²) in [7, 11) is 1.61. The topological polar surface area (TPSA) is 76.1 Å². The summed E-state index contributed by atoms with van der Waals surface area (Å²) in [5, 5.41) is 5.24. The molecular formula is C10H17N3O3. The van der Waals surface area contributed by atoms with Crippen LogP contribution < -0.4 is 10.9 Å². The van der Waals surface area contributed by atoms with Crippen LogP contribution in [0.2, 0.25) is 0 Å². The van der Waals surface area contributed by atoms with E-state index in [0.29, 0.717) is 5.56 Å². The van der Waals surface area contributed by atoms with E-state index < -0.39 is 11.7 Å². The molecule has 0 fully saturated rings. The molecule has 90 valence electrons. The zero-order valence-corrected chi connectivity index (χ0v) is 9.96. The average molecular weight is 227 g/mol. The standard InChI is InChI=1S/C10H17N3O3/c1-10(2,3)16-9(15)11-5-7-6-12-13(4)8(7)14/h6,12H,5H2,1-4H3,(H,11,15). The van der Waals surface area contributed by atoms with Crippen LogP contribution in [0.1, 0.15) is 26.3 Å². The first kappa shape index (κ1) is 12.4. The minimum absolute atomic E-state index is 0.156. The van der Waals surface area contributed by atoms with Crippen LogP contribution in [0.5, 0.6) is 0 Å². The van der Waals surface area contributed by atoms with Gasteiger partial charge in [0.05, 0.1) is 12.1 Å². The fourth-order valence-corrected chi connectivity index (χ4v) is 1.12. The van der Waals surface area contributed by atoms with Crippen molar-refractivity contribution in [1.29, 1.82) is 0 Å². The first-order valence-corrected chi connectivity index (χ1v) is 5.00.